The van der Waals surface area contributed by atoms with Crippen molar-refractivity contribution in [3.8, 4) is 0 Å². The highest BCUT2D eigenvalue weighted by Crippen LogP contribution is 2.09. The van der Waals surface area contributed by atoms with Gasteiger partial charge in [0.2, 0.25) is 0 Å². The van der Waals surface area contributed by atoms with Crippen molar-refractivity contribution < 1.29 is 19.1 Å². The molecule has 0 unspecified atom stereocenters. The Bertz CT molecular complexity index is 502. The van der Waals surface area contributed by atoms with Gasteiger partial charge in [0.1, 0.15) is 6.42 Å². The smallest absolute Gasteiger partial charge is 0.340 e. The summed E-state index contributed by atoms with van der Waals surface area (Å²) < 4.78 is 5.42. The van der Waals surface area contributed by atoms with Gasteiger partial charge in [0.25, 0.3) is 0 Å². The lowest BCUT2D eigenvalue weighted by atomic mass is 10.1. The molecule has 0 N–H and O–H groups in total. The molecule has 0 spiro atoms. The number of hydrogen-bond acceptors (Lipinski definition) is 4. The molecule has 0 radical (unpaired) electrons. The van der Waals surface area contributed by atoms with Gasteiger partial charge in [-0.05, 0) is 41.6 Å². The molecule has 1 rings (SSSR count). The SMILES string of the molecule is C=C(C)C(=O)OC(=O)CC(=O)c1ccc(I)cc1. The van der Waals surface area contributed by atoms with Crippen LogP contribution in [0.4, 0.5) is 0 Å². The Balaban J connectivity index is 2.60. The van der Waals surface area contributed by atoms with Crippen LogP contribution >= 0.6 is 22.6 Å². The molecule has 18 heavy (non-hydrogen) atoms. The minimum atomic E-state index is -0.869. The number of ether oxygens (including phenoxy) is 1. The third-order valence-electron chi connectivity index (χ3n) is 2.03. The quantitative estimate of drug-likeness (QED) is 0.273. The minimum Gasteiger partial charge on any atom is -0.389 e. The number of carbonyl (C=O) groups excluding carboxylic acids is 3. The average molecular weight is 358 g/mol. The summed E-state index contributed by atoms with van der Waals surface area (Å²) in [5.74, 6) is -2.06. The average Bonchev–Trinajstić information content (AvgIpc) is 2.29. The van der Waals surface area contributed by atoms with Gasteiger partial charge < -0.3 is 4.74 Å². The lowest BCUT2D eigenvalue weighted by molar-refractivity contribution is -0.156. The Morgan fingerprint density at radius 2 is 1.78 bits per heavy atom. The summed E-state index contributed by atoms with van der Waals surface area (Å²) in [6.07, 6.45) is -0.459. The Kier molecular flexibility index (Phi) is 5.21. The zero-order valence-electron chi connectivity index (χ0n) is 9.73. The van der Waals surface area contributed by atoms with Crippen LogP contribution in [0.1, 0.15) is 23.7 Å². The van der Waals surface area contributed by atoms with Gasteiger partial charge in [0, 0.05) is 14.7 Å². The Hall–Kier alpha value is -1.50. The fraction of sp³-hybridized carbons (Fsp3) is 0.154. The van der Waals surface area contributed by atoms with Crippen molar-refractivity contribution >= 4 is 40.3 Å². The van der Waals surface area contributed by atoms with Crippen molar-refractivity contribution in [2.24, 2.45) is 0 Å². The molecule has 94 valence electrons. The molecule has 0 aromatic heterocycles. The minimum absolute atomic E-state index is 0.116. The van der Waals surface area contributed by atoms with Gasteiger partial charge in [-0.15, -0.1) is 0 Å². The number of Topliss-reactive ketones (excluding diaryl/α,β-unsaturated/α-hetero) is 1. The Labute approximate surface area is 118 Å². The number of rotatable bonds is 4. The van der Waals surface area contributed by atoms with Crippen molar-refractivity contribution in [3.05, 3.63) is 45.6 Å². The van der Waals surface area contributed by atoms with E-state index in [1.807, 2.05) is 0 Å². The number of carbonyl (C=O) groups is 3. The predicted octanol–water partition coefficient (Wildman–Crippen LogP) is 2.51. The normalized spacial score (nSPS) is 9.67. The molecular formula is C13H11IO4. The van der Waals surface area contributed by atoms with E-state index in [4.69, 9.17) is 0 Å². The molecule has 0 bridgehead atoms. The van der Waals surface area contributed by atoms with Gasteiger partial charge in [-0.1, -0.05) is 18.7 Å². The van der Waals surface area contributed by atoms with Gasteiger partial charge in [-0.3, -0.25) is 9.59 Å². The third kappa shape index (κ3) is 4.40. The standard InChI is InChI=1S/C13H11IO4/c1-8(2)13(17)18-12(16)7-11(15)9-3-5-10(14)6-4-9/h3-6H,1,7H2,2H3. The Morgan fingerprint density at radius 1 is 1.22 bits per heavy atom. The van der Waals surface area contributed by atoms with Gasteiger partial charge in [-0.25, -0.2) is 4.79 Å². The maximum absolute atomic E-state index is 11.7. The number of halogens is 1. The number of hydrogen-bond donors (Lipinski definition) is 0. The van der Waals surface area contributed by atoms with E-state index in [1.54, 1.807) is 24.3 Å². The molecule has 1 aromatic rings. The molecule has 0 fully saturated rings. The van der Waals surface area contributed by atoms with Crippen molar-refractivity contribution in [2.45, 2.75) is 13.3 Å². The predicted molar refractivity (Wildman–Crippen MR) is 74.0 cm³/mol. The van der Waals surface area contributed by atoms with Crippen molar-refractivity contribution in [2.75, 3.05) is 0 Å². The number of ketones is 1. The lowest BCUT2D eigenvalue weighted by Gasteiger charge is -2.02. The fourth-order valence-electron chi connectivity index (χ4n) is 1.10. The molecule has 0 aliphatic rings. The summed E-state index contributed by atoms with van der Waals surface area (Å²) in [6, 6.07) is 6.77. The zero-order chi connectivity index (χ0) is 13.7. The lowest BCUT2D eigenvalue weighted by Crippen LogP contribution is -2.16. The van der Waals surface area contributed by atoms with E-state index >= 15 is 0 Å². The maximum atomic E-state index is 11.7. The second-order valence-electron chi connectivity index (χ2n) is 3.65. The van der Waals surface area contributed by atoms with Gasteiger partial charge in [0.15, 0.2) is 5.78 Å². The molecule has 0 heterocycles. The molecule has 0 saturated heterocycles. The van der Waals surface area contributed by atoms with Crippen molar-refractivity contribution in [1.29, 1.82) is 0 Å². The number of esters is 2. The summed E-state index contributed by atoms with van der Waals surface area (Å²) in [5, 5.41) is 0. The van der Waals surface area contributed by atoms with Crippen LogP contribution in [0.5, 0.6) is 0 Å². The second kappa shape index (κ2) is 6.44. The number of benzene rings is 1. The van der Waals surface area contributed by atoms with E-state index < -0.39 is 18.4 Å². The zero-order valence-corrected chi connectivity index (χ0v) is 11.9. The van der Waals surface area contributed by atoms with E-state index in [0.29, 0.717) is 5.56 Å². The van der Waals surface area contributed by atoms with E-state index in [0.717, 1.165) is 3.57 Å². The van der Waals surface area contributed by atoms with Crippen molar-refractivity contribution in [1.82, 2.24) is 0 Å². The van der Waals surface area contributed by atoms with Crippen LogP contribution in [0.2, 0.25) is 0 Å². The highest BCUT2D eigenvalue weighted by atomic mass is 127. The van der Waals surface area contributed by atoms with Crippen LogP contribution in [0, 0.1) is 3.57 Å². The van der Waals surface area contributed by atoms with Crippen LogP contribution in [0.3, 0.4) is 0 Å². The van der Waals surface area contributed by atoms with E-state index in [1.165, 1.54) is 6.92 Å². The second-order valence-corrected chi connectivity index (χ2v) is 4.89. The largest absolute Gasteiger partial charge is 0.389 e. The highest BCUT2D eigenvalue weighted by Gasteiger charge is 2.16. The third-order valence-corrected chi connectivity index (χ3v) is 2.75. The summed E-state index contributed by atoms with van der Waals surface area (Å²) in [6.45, 7) is 4.77. The molecule has 1 aromatic carbocycles. The van der Waals surface area contributed by atoms with Gasteiger partial charge in [0.05, 0.1) is 0 Å². The maximum Gasteiger partial charge on any atom is 0.340 e. The monoisotopic (exact) mass is 358 g/mol. The first-order chi connectivity index (χ1) is 8.40. The molecule has 0 aliphatic carbocycles. The molecule has 4 nitrogen and oxygen atoms in total. The molecule has 0 saturated carbocycles. The summed E-state index contributed by atoms with van der Waals surface area (Å²) in [7, 11) is 0. The highest BCUT2D eigenvalue weighted by molar-refractivity contribution is 14.1. The summed E-state index contributed by atoms with van der Waals surface area (Å²) >= 11 is 2.11. The molecule has 0 atom stereocenters. The van der Waals surface area contributed by atoms with Crippen LogP contribution in [-0.4, -0.2) is 17.7 Å². The van der Waals surface area contributed by atoms with E-state index in [2.05, 4.69) is 33.9 Å². The van der Waals surface area contributed by atoms with Crippen LogP contribution in [-0.2, 0) is 14.3 Å². The van der Waals surface area contributed by atoms with Gasteiger partial charge >= 0.3 is 11.9 Å². The summed E-state index contributed by atoms with van der Waals surface area (Å²) in [4.78, 5) is 34.0. The van der Waals surface area contributed by atoms with E-state index in [9.17, 15) is 14.4 Å². The molecule has 5 heteroatoms. The van der Waals surface area contributed by atoms with Gasteiger partial charge in [-0.2, -0.15) is 0 Å². The topological polar surface area (TPSA) is 60.4 Å². The van der Waals surface area contributed by atoms with Crippen LogP contribution in [0.15, 0.2) is 36.4 Å². The molecule has 0 aliphatic heterocycles. The van der Waals surface area contributed by atoms with E-state index in [-0.39, 0.29) is 11.4 Å². The summed E-state index contributed by atoms with van der Waals surface area (Å²) in [5.41, 5.74) is 0.528. The Morgan fingerprint density at radius 3 is 2.28 bits per heavy atom. The molecular weight excluding hydrogens is 347 g/mol. The first-order valence-corrected chi connectivity index (χ1v) is 6.17. The van der Waals surface area contributed by atoms with Crippen LogP contribution in [0.25, 0.3) is 0 Å². The first kappa shape index (κ1) is 14.6. The van der Waals surface area contributed by atoms with Crippen LogP contribution < -0.4 is 0 Å². The fourth-order valence-corrected chi connectivity index (χ4v) is 1.46. The van der Waals surface area contributed by atoms with Crippen molar-refractivity contribution in [3.63, 3.8) is 0 Å². The molecule has 0 amide bonds. The first-order valence-electron chi connectivity index (χ1n) is 5.09.